The third-order valence-corrected chi connectivity index (χ3v) is 7.72. The smallest absolute Gasteiger partial charge is 0.420 e. The van der Waals surface area contributed by atoms with Gasteiger partial charge < -0.3 is 24.6 Å². The lowest BCUT2D eigenvalue weighted by molar-refractivity contribution is -0.139. The Morgan fingerprint density at radius 2 is 1.59 bits per heavy atom. The number of halogens is 3. The van der Waals surface area contributed by atoms with Gasteiger partial charge in [0, 0.05) is 43.6 Å². The molecular formula is C30H40F3N3O3. The normalized spacial score (nSPS) is 20.6. The van der Waals surface area contributed by atoms with Crippen molar-refractivity contribution in [2.24, 2.45) is 0 Å². The number of piperazine rings is 1. The number of hydrogen-bond donors (Lipinski definition) is 1. The summed E-state index contributed by atoms with van der Waals surface area (Å²) in [5, 5.41) is 3.22. The number of amides is 1. The van der Waals surface area contributed by atoms with E-state index in [0.717, 1.165) is 44.8 Å². The number of carbonyl (C=O) groups is 1. The highest BCUT2D eigenvalue weighted by atomic mass is 19.4. The number of alkyl halides is 3. The van der Waals surface area contributed by atoms with Gasteiger partial charge in [0.05, 0.1) is 18.8 Å². The zero-order valence-corrected chi connectivity index (χ0v) is 23.3. The molecule has 1 saturated carbocycles. The number of anilines is 2. The lowest BCUT2D eigenvalue weighted by Gasteiger charge is -2.37. The van der Waals surface area contributed by atoms with Crippen LogP contribution < -0.4 is 15.0 Å². The van der Waals surface area contributed by atoms with E-state index in [1.165, 1.54) is 24.4 Å². The number of ether oxygens (including phenoxy) is 2. The topological polar surface area (TPSA) is 54.0 Å². The Labute approximate surface area is 229 Å². The summed E-state index contributed by atoms with van der Waals surface area (Å²) in [7, 11) is 1.23. The Bertz CT molecular complexity index is 1100. The fraction of sp³-hybridized carbons (Fsp3) is 0.567. The van der Waals surface area contributed by atoms with Crippen LogP contribution in [0.4, 0.5) is 24.5 Å². The van der Waals surface area contributed by atoms with Crippen molar-refractivity contribution in [3.05, 3.63) is 53.6 Å². The minimum absolute atomic E-state index is 0.0101. The SMILES string of the molecule is COc1ccc(NC2CCC(OCC(=O)N3CCN(c4ccc(C(C)(C)C)cc4)CC3)CC2)cc1C(F)(F)F. The van der Waals surface area contributed by atoms with E-state index in [1.54, 1.807) is 6.07 Å². The van der Waals surface area contributed by atoms with Crippen LogP contribution in [0.15, 0.2) is 42.5 Å². The van der Waals surface area contributed by atoms with Gasteiger partial charge in [-0.2, -0.15) is 13.2 Å². The van der Waals surface area contributed by atoms with E-state index in [9.17, 15) is 18.0 Å². The van der Waals surface area contributed by atoms with Crippen molar-refractivity contribution in [3.8, 4) is 5.75 Å². The first-order chi connectivity index (χ1) is 18.4. The lowest BCUT2D eigenvalue weighted by atomic mass is 9.87. The number of rotatable bonds is 7. The highest BCUT2D eigenvalue weighted by Gasteiger charge is 2.35. The van der Waals surface area contributed by atoms with Gasteiger partial charge >= 0.3 is 6.18 Å². The monoisotopic (exact) mass is 547 g/mol. The molecule has 39 heavy (non-hydrogen) atoms. The number of carbonyl (C=O) groups excluding carboxylic acids is 1. The van der Waals surface area contributed by atoms with Crippen molar-refractivity contribution >= 4 is 17.3 Å². The molecule has 9 heteroatoms. The molecule has 1 amide bonds. The van der Waals surface area contributed by atoms with Crippen LogP contribution >= 0.6 is 0 Å². The third-order valence-electron chi connectivity index (χ3n) is 7.72. The lowest BCUT2D eigenvalue weighted by Crippen LogP contribution is -2.50. The number of hydrogen-bond acceptors (Lipinski definition) is 5. The predicted octanol–water partition coefficient (Wildman–Crippen LogP) is 6.10. The average Bonchev–Trinajstić information content (AvgIpc) is 2.91. The molecule has 1 saturated heterocycles. The van der Waals surface area contributed by atoms with Crippen LogP contribution in [0.5, 0.6) is 5.75 Å². The van der Waals surface area contributed by atoms with Gasteiger partial charge in [0.25, 0.3) is 0 Å². The Hall–Kier alpha value is -2.94. The van der Waals surface area contributed by atoms with E-state index >= 15 is 0 Å². The van der Waals surface area contributed by atoms with Crippen LogP contribution in [0.3, 0.4) is 0 Å². The Balaban J connectivity index is 1.18. The molecule has 6 nitrogen and oxygen atoms in total. The number of benzene rings is 2. The van der Waals surface area contributed by atoms with Crippen molar-refractivity contribution in [3.63, 3.8) is 0 Å². The molecule has 0 unspecified atom stereocenters. The molecule has 1 N–H and O–H groups in total. The second kappa shape index (κ2) is 12.1. The minimum Gasteiger partial charge on any atom is -0.496 e. The number of nitrogens with zero attached hydrogens (tertiary/aromatic N) is 2. The van der Waals surface area contributed by atoms with Crippen LogP contribution in [0.1, 0.15) is 57.6 Å². The summed E-state index contributed by atoms with van der Waals surface area (Å²) >= 11 is 0. The summed E-state index contributed by atoms with van der Waals surface area (Å²) in [5.41, 5.74) is 2.24. The fourth-order valence-electron chi connectivity index (χ4n) is 5.30. The summed E-state index contributed by atoms with van der Waals surface area (Å²) < 4.78 is 50.8. The molecule has 2 aromatic rings. The van der Waals surface area contributed by atoms with Crippen LogP contribution in [0, 0.1) is 0 Å². The van der Waals surface area contributed by atoms with E-state index in [0.29, 0.717) is 18.8 Å². The molecule has 1 aliphatic heterocycles. The van der Waals surface area contributed by atoms with Crippen molar-refractivity contribution in [1.29, 1.82) is 0 Å². The molecule has 0 atom stereocenters. The Morgan fingerprint density at radius 3 is 2.15 bits per heavy atom. The molecule has 214 valence electrons. The van der Waals surface area contributed by atoms with Crippen LogP contribution in [-0.2, 0) is 21.1 Å². The Kier molecular flexibility index (Phi) is 8.99. The van der Waals surface area contributed by atoms with Crippen LogP contribution in [0.25, 0.3) is 0 Å². The summed E-state index contributed by atoms with van der Waals surface area (Å²) in [6.45, 7) is 9.60. The molecule has 0 spiro atoms. The highest BCUT2D eigenvalue weighted by Crippen LogP contribution is 2.38. The van der Waals surface area contributed by atoms with Crippen LogP contribution in [-0.4, -0.2) is 62.8 Å². The first kappa shape index (κ1) is 29.1. The van der Waals surface area contributed by atoms with Crippen molar-refractivity contribution < 1.29 is 27.4 Å². The van der Waals surface area contributed by atoms with E-state index < -0.39 is 11.7 Å². The van der Waals surface area contributed by atoms with Crippen molar-refractivity contribution in [1.82, 2.24) is 4.90 Å². The molecule has 2 aromatic carbocycles. The van der Waals surface area contributed by atoms with Gasteiger partial charge in [-0.15, -0.1) is 0 Å². The largest absolute Gasteiger partial charge is 0.496 e. The molecule has 1 heterocycles. The fourth-order valence-corrected chi connectivity index (χ4v) is 5.30. The van der Waals surface area contributed by atoms with Gasteiger partial charge in [0.15, 0.2) is 0 Å². The molecule has 0 radical (unpaired) electrons. The zero-order valence-electron chi connectivity index (χ0n) is 23.3. The van der Waals surface area contributed by atoms with Gasteiger partial charge in [0.2, 0.25) is 5.91 Å². The molecule has 2 fully saturated rings. The average molecular weight is 548 g/mol. The van der Waals surface area contributed by atoms with Crippen LogP contribution in [0.2, 0.25) is 0 Å². The molecule has 4 rings (SSSR count). The van der Waals surface area contributed by atoms with Crippen molar-refractivity contribution in [2.75, 3.05) is 50.1 Å². The Morgan fingerprint density at radius 1 is 0.949 bits per heavy atom. The maximum Gasteiger partial charge on any atom is 0.420 e. The van der Waals surface area contributed by atoms with E-state index in [4.69, 9.17) is 9.47 Å². The van der Waals surface area contributed by atoms with E-state index in [1.807, 2.05) is 4.90 Å². The zero-order chi connectivity index (χ0) is 28.2. The van der Waals surface area contributed by atoms with Gasteiger partial charge in [-0.25, -0.2) is 0 Å². The molecular weight excluding hydrogens is 507 g/mol. The number of nitrogens with one attached hydrogen (secondary N) is 1. The highest BCUT2D eigenvalue weighted by molar-refractivity contribution is 5.77. The standard InChI is InChI=1S/C30H40F3N3O3/c1-29(2,3)21-5-10-24(11-6-21)35-15-17-36(18-16-35)28(37)20-39-25-12-7-22(8-13-25)34-23-9-14-27(38-4)26(19-23)30(31,32)33/h5-6,9-11,14,19,22,25,34H,7-8,12-13,15-18,20H2,1-4H3. The number of methoxy groups -OCH3 is 1. The van der Waals surface area contributed by atoms with E-state index in [2.05, 4.69) is 55.3 Å². The second-order valence-corrected chi connectivity index (χ2v) is 11.5. The van der Waals surface area contributed by atoms with E-state index in [-0.39, 0.29) is 35.8 Å². The van der Waals surface area contributed by atoms with Gasteiger partial charge in [-0.05, 0) is 67.0 Å². The van der Waals surface area contributed by atoms with Gasteiger partial charge in [-0.1, -0.05) is 32.9 Å². The summed E-state index contributed by atoms with van der Waals surface area (Å²) in [6, 6.07) is 12.8. The predicted molar refractivity (Wildman–Crippen MR) is 148 cm³/mol. The summed E-state index contributed by atoms with van der Waals surface area (Å²) in [4.78, 5) is 17.0. The second-order valence-electron chi connectivity index (χ2n) is 11.5. The van der Waals surface area contributed by atoms with Gasteiger partial charge in [-0.3, -0.25) is 4.79 Å². The molecule has 0 aromatic heterocycles. The first-order valence-corrected chi connectivity index (χ1v) is 13.7. The quantitative estimate of drug-likeness (QED) is 0.454. The summed E-state index contributed by atoms with van der Waals surface area (Å²) in [5.74, 6) is -0.179. The maximum absolute atomic E-state index is 13.3. The maximum atomic E-state index is 13.3. The third kappa shape index (κ3) is 7.59. The van der Waals surface area contributed by atoms with Crippen molar-refractivity contribution in [2.45, 2.75) is 70.2 Å². The minimum atomic E-state index is -4.48. The first-order valence-electron chi connectivity index (χ1n) is 13.7. The van der Waals surface area contributed by atoms with Gasteiger partial charge in [0.1, 0.15) is 12.4 Å². The molecule has 1 aliphatic carbocycles. The molecule has 0 bridgehead atoms. The summed E-state index contributed by atoms with van der Waals surface area (Å²) in [6.07, 6.45) is -1.46. The molecule has 2 aliphatic rings.